The molecule has 114 valence electrons. The zero-order valence-corrected chi connectivity index (χ0v) is 13.1. The highest BCUT2D eigenvalue weighted by molar-refractivity contribution is 5.98. The summed E-state index contributed by atoms with van der Waals surface area (Å²) >= 11 is 0. The number of benzene rings is 3. The summed E-state index contributed by atoms with van der Waals surface area (Å²) < 4.78 is 0. The van der Waals surface area contributed by atoms with Crippen LogP contribution in [0.25, 0.3) is 32.6 Å². The van der Waals surface area contributed by atoms with Crippen molar-refractivity contribution in [2.75, 3.05) is 0 Å². The first-order valence-electron chi connectivity index (χ1n) is 7.93. The summed E-state index contributed by atoms with van der Waals surface area (Å²) in [6, 6.07) is 29.2. The van der Waals surface area contributed by atoms with Gasteiger partial charge >= 0.3 is 0 Å². The second kappa shape index (κ2) is 6.47. The normalized spacial score (nSPS) is 10.5. The van der Waals surface area contributed by atoms with Gasteiger partial charge in [0.05, 0.1) is 0 Å². The van der Waals surface area contributed by atoms with Crippen LogP contribution in [-0.4, -0.2) is 9.97 Å². The van der Waals surface area contributed by atoms with Crippen LogP contribution in [0.15, 0.2) is 97.3 Å². The molecule has 0 N–H and O–H groups in total. The van der Waals surface area contributed by atoms with Gasteiger partial charge in [0.2, 0.25) is 0 Å². The van der Waals surface area contributed by atoms with Crippen molar-refractivity contribution < 1.29 is 0 Å². The first kappa shape index (κ1) is 14.3. The summed E-state index contributed by atoms with van der Waals surface area (Å²) in [5, 5.41) is 6.33. The third-order valence-electron chi connectivity index (χ3n) is 3.99. The predicted octanol–water partition coefficient (Wildman–Crippen LogP) is 5.62. The lowest BCUT2D eigenvalue weighted by atomic mass is 10.0. The molecule has 0 unspecified atom stereocenters. The van der Waals surface area contributed by atoms with E-state index in [0.29, 0.717) is 0 Å². The van der Waals surface area contributed by atoms with Gasteiger partial charge < -0.3 is 0 Å². The fraction of sp³-hybridized carbons (Fsp3) is 0. The standard InChI is InChI=1S/C14H10.C8H6N2/c1-2-6-12-10-14-8-4-3-7-13(14)9-11(12)5-1;1-3-7-4-2-6-10-8(7)9-5-1/h1-10H;1-6H. The molecule has 0 atom stereocenters. The van der Waals surface area contributed by atoms with Crippen molar-refractivity contribution in [2.24, 2.45) is 0 Å². The molecule has 0 spiro atoms. The summed E-state index contributed by atoms with van der Waals surface area (Å²) in [6.07, 6.45) is 3.49. The zero-order valence-electron chi connectivity index (χ0n) is 13.1. The highest BCUT2D eigenvalue weighted by atomic mass is 14.8. The lowest BCUT2D eigenvalue weighted by molar-refractivity contribution is 1.29. The molecule has 0 aliphatic heterocycles. The van der Waals surface area contributed by atoms with Gasteiger partial charge in [0.15, 0.2) is 5.65 Å². The van der Waals surface area contributed by atoms with Crippen LogP contribution in [0.3, 0.4) is 0 Å². The monoisotopic (exact) mass is 308 g/mol. The van der Waals surface area contributed by atoms with Gasteiger partial charge in [0, 0.05) is 17.8 Å². The second-order valence-electron chi connectivity index (χ2n) is 5.60. The zero-order chi connectivity index (χ0) is 16.2. The van der Waals surface area contributed by atoms with Crippen molar-refractivity contribution in [2.45, 2.75) is 0 Å². The lowest BCUT2D eigenvalue weighted by Crippen LogP contribution is -1.78. The fourth-order valence-electron chi connectivity index (χ4n) is 2.79. The van der Waals surface area contributed by atoms with Crippen molar-refractivity contribution in [1.82, 2.24) is 9.97 Å². The molecule has 0 fully saturated rings. The molecule has 5 rings (SSSR count). The second-order valence-corrected chi connectivity index (χ2v) is 5.60. The molecule has 2 nitrogen and oxygen atoms in total. The van der Waals surface area contributed by atoms with Crippen LogP contribution < -0.4 is 0 Å². The van der Waals surface area contributed by atoms with Crippen LogP contribution >= 0.6 is 0 Å². The molecule has 2 heteroatoms. The quantitative estimate of drug-likeness (QED) is 0.347. The third kappa shape index (κ3) is 2.95. The Hall–Kier alpha value is -3.26. The molecule has 0 radical (unpaired) electrons. The summed E-state index contributed by atoms with van der Waals surface area (Å²) in [7, 11) is 0. The number of hydrogen-bond donors (Lipinski definition) is 0. The van der Waals surface area contributed by atoms with Crippen LogP contribution in [-0.2, 0) is 0 Å². The molecule has 0 saturated heterocycles. The third-order valence-corrected chi connectivity index (χ3v) is 3.99. The minimum absolute atomic E-state index is 0.810. The van der Waals surface area contributed by atoms with Gasteiger partial charge in [-0.3, -0.25) is 0 Å². The largest absolute Gasteiger partial charge is 0.237 e. The molecule has 24 heavy (non-hydrogen) atoms. The molecule has 0 saturated carbocycles. The SMILES string of the molecule is c1ccc2cc3ccccc3cc2c1.c1cnc2ncccc2c1. The Labute approximate surface area is 140 Å². The van der Waals surface area contributed by atoms with E-state index in [2.05, 4.69) is 70.6 Å². The number of rotatable bonds is 0. The van der Waals surface area contributed by atoms with Gasteiger partial charge in [0.1, 0.15) is 0 Å². The minimum Gasteiger partial charge on any atom is -0.237 e. The first-order chi connectivity index (χ1) is 11.9. The van der Waals surface area contributed by atoms with Crippen molar-refractivity contribution in [3.05, 3.63) is 97.3 Å². The maximum absolute atomic E-state index is 4.07. The Kier molecular flexibility index (Phi) is 3.86. The molecular weight excluding hydrogens is 292 g/mol. The number of pyridine rings is 2. The molecule has 0 aliphatic rings. The van der Waals surface area contributed by atoms with E-state index in [4.69, 9.17) is 0 Å². The highest BCUT2D eigenvalue weighted by Crippen LogP contribution is 2.22. The maximum Gasteiger partial charge on any atom is 0.159 e. The molecular formula is C22H16N2. The molecule has 0 bridgehead atoms. The summed E-state index contributed by atoms with van der Waals surface area (Å²) in [5.74, 6) is 0. The van der Waals surface area contributed by atoms with Crippen molar-refractivity contribution in [3.63, 3.8) is 0 Å². The van der Waals surface area contributed by atoms with Crippen molar-refractivity contribution in [3.8, 4) is 0 Å². The van der Waals surface area contributed by atoms with Gasteiger partial charge in [-0.1, -0.05) is 48.5 Å². The van der Waals surface area contributed by atoms with Crippen LogP contribution in [0, 0.1) is 0 Å². The predicted molar refractivity (Wildman–Crippen MR) is 101 cm³/mol. The molecule has 2 heterocycles. The molecule has 0 amide bonds. The van der Waals surface area contributed by atoms with Gasteiger partial charge in [0.25, 0.3) is 0 Å². The van der Waals surface area contributed by atoms with Gasteiger partial charge in [-0.25, -0.2) is 9.97 Å². The fourth-order valence-corrected chi connectivity index (χ4v) is 2.79. The molecule has 5 aromatic rings. The molecule has 3 aromatic carbocycles. The summed E-state index contributed by atoms with van der Waals surface area (Å²) in [5.41, 5.74) is 0.810. The number of fused-ring (bicyclic) bond motifs is 3. The Morgan fingerprint density at radius 3 is 1.17 bits per heavy atom. The smallest absolute Gasteiger partial charge is 0.159 e. The first-order valence-corrected chi connectivity index (χ1v) is 7.93. The Morgan fingerprint density at radius 1 is 0.417 bits per heavy atom. The Morgan fingerprint density at radius 2 is 0.792 bits per heavy atom. The number of nitrogens with zero attached hydrogens (tertiary/aromatic N) is 2. The van der Waals surface area contributed by atoms with E-state index >= 15 is 0 Å². The van der Waals surface area contributed by atoms with E-state index < -0.39 is 0 Å². The topological polar surface area (TPSA) is 25.8 Å². The van der Waals surface area contributed by atoms with E-state index in [1.165, 1.54) is 21.5 Å². The average molecular weight is 308 g/mol. The highest BCUT2D eigenvalue weighted by Gasteiger charge is 1.95. The maximum atomic E-state index is 4.07. The minimum atomic E-state index is 0.810. The van der Waals surface area contributed by atoms with Crippen LogP contribution in [0.5, 0.6) is 0 Å². The number of hydrogen-bond acceptors (Lipinski definition) is 2. The molecule has 0 aliphatic carbocycles. The van der Waals surface area contributed by atoms with Crippen molar-refractivity contribution >= 4 is 32.6 Å². The van der Waals surface area contributed by atoms with E-state index in [1.54, 1.807) is 12.4 Å². The molecule has 2 aromatic heterocycles. The summed E-state index contributed by atoms with van der Waals surface area (Å²) in [4.78, 5) is 8.14. The van der Waals surface area contributed by atoms with Gasteiger partial charge in [-0.05, 0) is 57.9 Å². The van der Waals surface area contributed by atoms with E-state index in [9.17, 15) is 0 Å². The lowest BCUT2D eigenvalue weighted by Gasteiger charge is -2.00. The Balaban J connectivity index is 0.000000129. The average Bonchev–Trinajstić information content (AvgIpc) is 2.67. The van der Waals surface area contributed by atoms with Crippen LogP contribution in [0.1, 0.15) is 0 Å². The number of aromatic nitrogens is 2. The van der Waals surface area contributed by atoms with Gasteiger partial charge in [-0.2, -0.15) is 0 Å². The van der Waals surface area contributed by atoms with Crippen LogP contribution in [0.4, 0.5) is 0 Å². The van der Waals surface area contributed by atoms with E-state index in [1.807, 2.05) is 24.3 Å². The van der Waals surface area contributed by atoms with E-state index in [0.717, 1.165) is 11.0 Å². The van der Waals surface area contributed by atoms with Gasteiger partial charge in [-0.15, -0.1) is 0 Å². The van der Waals surface area contributed by atoms with E-state index in [-0.39, 0.29) is 0 Å². The van der Waals surface area contributed by atoms with Crippen LogP contribution in [0.2, 0.25) is 0 Å². The Bertz CT molecular complexity index is 946. The van der Waals surface area contributed by atoms with Crippen molar-refractivity contribution in [1.29, 1.82) is 0 Å². The summed E-state index contributed by atoms with van der Waals surface area (Å²) in [6.45, 7) is 0.